The molecule has 1 atom stereocenters. The number of aryl methyl sites for hydroxylation is 1. The third-order valence-corrected chi connectivity index (χ3v) is 2.86. The largest absolute Gasteiger partial charge is 0.495 e. The second-order valence-electron chi connectivity index (χ2n) is 4.42. The van der Waals surface area contributed by atoms with Gasteiger partial charge in [-0.1, -0.05) is 13.0 Å². The summed E-state index contributed by atoms with van der Waals surface area (Å²) in [4.78, 5) is 23.5. The molecule has 0 aliphatic heterocycles. The number of rotatable bonds is 5. The van der Waals surface area contributed by atoms with Crippen LogP contribution in [-0.2, 0) is 9.59 Å². The van der Waals surface area contributed by atoms with E-state index in [9.17, 15) is 9.59 Å². The van der Waals surface area contributed by atoms with Gasteiger partial charge in [0.2, 0.25) is 0 Å². The van der Waals surface area contributed by atoms with Crippen LogP contribution in [0.3, 0.4) is 0 Å². The van der Waals surface area contributed by atoms with Crippen LogP contribution in [0.25, 0.3) is 0 Å². The highest BCUT2D eigenvalue weighted by Gasteiger charge is 2.18. The van der Waals surface area contributed by atoms with Crippen LogP contribution in [0.4, 0.5) is 5.69 Å². The van der Waals surface area contributed by atoms with Crippen molar-refractivity contribution >= 4 is 17.5 Å². The predicted molar refractivity (Wildman–Crippen MR) is 75.7 cm³/mol. The Hall–Kier alpha value is -2.08. The van der Waals surface area contributed by atoms with Gasteiger partial charge in [0.25, 0.3) is 0 Å². The van der Waals surface area contributed by atoms with E-state index in [4.69, 9.17) is 9.84 Å². The number of benzene rings is 1. The van der Waals surface area contributed by atoms with E-state index in [-0.39, 0.29) is 6.61 Å². The van der Waals surface area contributed by atoms with Crippen molar-refractivity contribution in [3.05, 3.63) is 23.8 Å². The summed E-state index contributed by atoms with van der Waals surface area (Å²) in [6, 6.07) is 4.85. The van der Waals surface area contributed by atoms with Gasteiger partial charge in [-0.15, -0.1) is 0 Å². The van der Waals surface area contributed by atoms with Crippen LogP contribution in [0.15, 0.2) is 18.2 Å². The summed E-state index contributed by atoms with van der Waals surface area (Å²) in [6.45, 7) is 3.47. The van der Waals surface area contributed by atoms with Crippen LogP contribution in [0.2, 0.25) is 0 Å². The molecule has 6 heteroatoms. The van der Waals surface area contributed by atoms with E-state index >= 15 is 0 Å². The van der Waals surface area contributed by atoms with E-state index in [2.05, 4.69) is 10.6 Å². The number of anilines is 1. The molecule has 0 saturated heterocycles. The quantitative estimate of drug-likeness (QED) is 0.697. The molecule has 3 N–H and O–H groups in total. The number of hydrogen-bond donors (Lipinski definition) is 3. The Morgan fingerprint density at radius 1 is 1.35 bits per heavy atom. The molecule has 0 aliphatic rings. The van der Waals surface area contributed by atoms with Gasteiger partial charge in [0.15, 0.2) is 0 Å². The topological polar surface area (TPSA) is 87.7 Å². The number of carbonyl (C=O) groups is 2. The van der Waals surface area contributed by atoms with Crippen molar-refractivity contribution in [3.8, 4) is 5.75 Å². The lowest BCUT2D eigenvalue weighted by molar-refractivity contribution is -0.136. The van der Waals surface area contributed by atoms with Crippen LogP contribution in [0.5, 0.6) is 5.75 Å². The van der Waals surface area contributed by atoms with Crippen molar-refractivity contribution in [2.24, 2.45) is 0 Å². The lowest BCUT2D eigenvalue weighted by atomic mass is 10.2. The summed E-state index contributed by atoms with van der Waals surface area (Å²) in [5, 5.41) is 13.9. The Labute approximate surface area is 118 Å². The van der Waals surface area contributed by atoms with E-state index in [0.717, 1.165) is 5.56 Å². The molecule has 1 rings (SSSR count). The Morgan fingerprint density at radius 2 is 2.05 bits per heavy atom. The summed E-state index contributed by atoms with van der Waals surface area (Å²) in [5.41, 5.74) is 1.37. The van der Waals surface area contributed by atoms with E-state index < -0.39 is 17.9 Å². The van der Waals surface area contributed by atoms with Crippen LogP contribution in [-0.4, -0.2) is 36.7 Å². The monoisotopic (exact) mass is 280 g/mol. The fourth-order valence-corrected chi connectivity index (χ4v) is 1.63. The summed E-state index contributed by atoms with van der Waals surface area (Å²) in [6.07, 6.45) is 0.545. The number of nitrogens with one attached hydrogen (secondary N) is 2. The van der Waals surface area contributed by atoms with Crippen molar-refractivity contribution in [2.45, 2.75) is 26.3 Å². The third kappa shape index (κ3) is 4.24. The maximum Gasteiger partial charge on any atom is 0.313 e. The molecular weight excluding hydrogens is 260 g/mol. The lowest BCUT2D eigenvalue weighted by Crippen LogP contribution is -2.43. The molecule has 1 unspecified atom stereocenters. The second-order valence-corrected chi connectivity index (χ2v) is 4.42. The van der Waals surface area contributed by atoms with Crippen molar-refractivity contribution in [1.82, 2.24) is 5.32 Å². The molecule has 0 radical (unpaired) electrons. The van der Waals surface area contributed by atoms with Crippen molar-refractivity contribution in [2.75, 3.05) is 19.0 Å². The molecular formula is C14H20N2O4. The zero-order valence-electron chi connectivity index (χ0n) is 11.9. The maximum absolute atomic E-state index is 11.8. The van der Waals surface area contributed by atoms with Crippen LogP contribution in [0, 0.1) is 6.92 Å². The van der Waals surface area contributed by atoms with Gasteiger partial charge in [-0.25, -0.2) is 0 Å². The van der Waals surface area contributed by atoms with Gasteiger partial charge in [0.05, 0.1) is 25.4 Å². The number of amides is 2. The molecule has 1 aromatic carbocycles. The SMILES string of the molecule is CCC(CO)NC(=O)C(=O)Nc1cc(C)ccc1OC. The molecule has 2 amide bonds. The first-order valence-corrected chi connectivity index (χ1v) is 6.39. The zero-order valence-corrected chi connectivity index (χ0v) is 11.9. The molecule has 110 valence electrons. The Kier molecular flexibility index (Phi) is 5.99. The minimum absolute atomic E-state index is 0.205. The summed E-state index contributed by atoms with van der Waals surface area (Å²) in [5.74, 6) is -1.10. The smallest absolute Gasteiger partial charge is 0.313 e. The second kappa shape index (κ2) is 7.49. The highest BCUT2D eigenvalue weighted by Crippen LogP contribution is 2.24. The fraction of sp³-hybridized carbons (Fsp3) is 0.429. The molecule has 6 nitrogen and oxygen atoms in total. The van der Waals surface area contributed by atoms with Crippen molar-refractivity contribution < 1.29 is 19.4 Å². The highest BCUT2D eigenvalue weighted by molar-refractivity contribution is 6.39. The van der Waals surface area contributed by atoms with E-state index in [0.29, 0.717) is 17.9 Å². The average molecular weight is 280 g/mol. The number of ether oxygens (including phenoxy) is 1. The van der Waals surface area contributed by atoms with Gasteiger partial charge in [-0.2, -0.15) is 0 Å². The van der Waals surface area contributed by atoms with Crippen molar-refractivity contribution in [1.29, 1.82) is 0 Å². The van der Waals surface area contributed by atoms with E-state index in [1.165, 1.54) is 7.11 Å². The maximum atomic E-state index is 11.8. The van der Waals surface area contributed by atoms with Crippen LogP contribution >= 0.6 is 0 Å². The van der Waals surface area contributed by atoms with E-state index in [1.54, 1.807) is 12.1 Å². The molecule has 1 aromatic rings. The molecule has 0 spiro atoms. The first-order chi connectivity index (χ1) is 9.51. The Bertz CT molecular complexity index is 484. The van der Waals surface area contributed by atoms with Gasteiger partial charge >= 0.3 is 11.8 Å². The fourth-order valence-electron chi connectivity index (χ4n) is 1.63. The van der Waals surface area contributed by atoms with Gasteiger partial charge in [-0.05, 0) is 31.0 Å². The molecule has 0 heterocycles. The molecule has 0 bridgehead atoms. The summed E-state index contributed by atoms with van der Waals surface area (Å²) in [7, 11) is 1.49. The third-order valence-electron chi connectivity index (χ3n) is 2.86. The van der Waals surface area contributed by atoms with Gasteiger partial charge < -0.3 is 20.5 Å². The van der Waals surface area contributed by atoms with Gasteiger partial charge in [0, 0.05) is 0 Å². The molecule has 20 heavy (non-hydrogen) atoms. The molecule has 0 fully saturated rings. The lowest BCUT2D eigenvalue weighted by Gasteiger charge is -2.14. The normalized spacial score (nSPS) is 11.6. The van der Waals surface area contributed by atoms with E-state index in [1.807, 2.05) is 19.9 Å². The van der Waals surface area contributed by atoms with Gasteiger partial charge in [-0.3, -0.25) is 9.59 Å². The predicted octanol–water partition coefficient (Wildman–Crippen LogP) is 0.829. The Morgan fingerprint density at radius 3 is 2.60 bits per heavy atom. The van der Waals surface area contributed by atoms with Crippen molar-refractivity contribution in [3.63, 3.8) is 0 Å². The number of carbonyl (C=O) groups excluding carboxylic acids is 2. The molecule has 0 aliphatic carbocycles. The standard InChI is InChI=1S/C14H20N2O4/c1-4-10(8-17)15-13(18)14(19)16-11-7-9(2)5-6-12(11)20-3/h5-7,10,17H,4,8H2,1-3H3,(H,15,18)(H,16,19). The van der Waals surface area contributed by atoms with Crippen LogP contribution in [0.1, 0.15) is 18.9 Å². The summed E-state index contributed by atoms with van der Waals surface area (Å²) < 4.78 is 5.12. The average Bonchev–Trinajstić information content (AvgIpc) is 2.44. The number of aliphatic hydroxyl groups is 1. The highest BCUT2D eigenvalue weighted by atomic mass is 16.5. The van der Waals surface area contributed by atoms with Crippen LogP contribution < -0.4 is 15.4 Å². The molecule has 0 saturated carbocycles. The molecule has 0 aromatic heterocycles. The zero-order chi connectivity index (χ0) is 15.1. The number of hydrogen-bond acceptors (Lipinski definition) is 4. The Balaban J connectivity index is 2.75. The van der Waals surface area contributed by atoms with Gasteiger partial charge in [0.1, 0.15) is 5.75 Å². The minimum atomic E-state index is -0.791. The number of methoxy groups -OCH3 is 1. The minimum Gasteiger partial charge on any atom is -0.495 e. The summed E-state index contributed by atoms with van der Waals surface area (Å²) >= 11 is 0. The first kappa shape index (κ1) is 16.0. The first-order valence-electron chi connectivity index (χ1n) is 6.39. The number of aliphatic hydroxyl groups excluding tert-OH is 1.